The van der Waals surface area contributed by atoms with Crippen LogP contribution in [0.4, 0.5) is 15.8 Å². The first-order chi connectivity index (χ1) is 17.9. The highest BCUT2D eigenvalue weighted by Gasteiger charge is 2.17. The summed E-state index contributed by atoms with van der Waals surface area (Å²) in [7, 11) is 2.10. The van der Waals surface area contributed by atoms with Gasteiger partial charge in [0.2, 0.25) is 0 Å². The zero-order chi connectivity index (χ0) is 25.9. The maximum Gasteiger partial charge on any atom is 0.262 e. The van der Waals surface area contributed by atoms with E-state index in [4.69, 9.17) is 16.3 Å². The number of benzene rings is 3. The van der Waals surface area contributed by atoms with Crippen molar-refractivity contribution in [2.45, 2.75) is 0 Å². The topological polar surface area (TPSA) is 90.6 Å². The van der Waals surface area contributed by atoms with Crippen molar-refractivity contribution in [1.29, 1.82) is 0 Å². The van der Waals surface area contributed by atoms with Gasteiger partial charge in [-0.25, -0.2) is 9.37 Å². The first-order valence-electron chi connectivity index (χ1n) is 11.8. The highest BCUT2D eigenvalue weighted by atomic mass is 35.5. The lowest BCUT2D eigenvalue weighted by molar-refractivity contribution is -0.118. The van der Waals surface area contributed by atoms with Gasteiger partial charge in [0, 0.05) is 43.5 Å². The molecule has 8 nitrogen and oxygen atoms in total. The molecule has 0 atom stereocenters. The van der Waals surface area contributed by atoms with Crippen LogP contribution in [0.15, 0.2) is 65.5 Å². The van der Waals surface area contributed by atoms with E-state index in [1.165, 1.54) is 18.2 Å². The van der Waals surface area contributed by atoms with Crippen LogP contribution in [0.2, 0.25) is 5.02 Å². The van der Waals surface area contributed by atoms with Gasteiger partial charge < -0.3 is 24.8 Å². The molecule has 1 aliphatic heterocycles. The van der Waals surface area contributed by atoms with Gasteiger partial charge in [0.15, 0.2) is 6.61 Å². The van der Waals surface area contributed by atoms with Crippen LogP contribution in [0.1, 0.15) is 0 Å². The lowest BCUT2D eigenvalue weighted by Gasteiger charge is -2.34. The number of anilines is 2. The molecule has 1 aliphatic rings. The molecule has 1 fully saturated rings. The van der Waals surface area contributed by atoms with Crippen LogP contribution < -0.4 is 20.5 Å². The molecule has 0 aliphatic carbocycles. The van der Waals surface area contributed by atoms with Crippen molar-refractivity contribution in [1.82, 2.24) is 14.9 Å². The SMILES string of the molecule is CN1CCN(c2ccc(NC(=O)COc3ccc(-c4nc5cc(F)ccc5c(=O)[nH]4)cc3)cc2Cl)CC1. The third kappa shape index (κ3) is 5.73. The summed E-state index contributed by atoms with van der Waals surface area (Å²) in [6, 6.07) is 16.1. The fourth-order valence-electron chi connectivity index (χ4n) is 4.19. The summed E-state index contributed by atoms with van der Waals surface area (Å²) in [5.74, 6) is -0.0114. The zero-order valence-electron chi connectivity index (χ0n) is 20.1. The number of ether oxygens (including phenoxy) is 1. The van der Waals surface area contributed by atoms with E-state index in [1.807, 2.05) is 12.1 Å². The fourth-order valence-corrected chi connectivity index (χ4v) is 4.49. The predicted octanol–water partition coefficient (Wildman–Crippen LogP) is 4.15. The number of halogens is 2. The number of amides is 1. The van der Waals surface area contributed by atoms with E-state index in [0.29, 0.717) is 33.2 Å². The quantitative estimate of drug-likeness (QED) is 0.396. The van der Waals surface area contributed by atoms with Crippen molar-refractivity contribution in [2.75, 3.05) is 50.1 Å². The van der Waals surface area contributed by atoms with Crippen molar-refractivity contribution in [3.8, 4) is 17.1 Å². The van der Waals surface area contributed by atoms with Crippen molar-refractivity contribution < 1.29 is 13.9 Å². The molecule has 37 heavy (non-hydrogen) atoms. The number of hydrogen-bond donors (Lipinski definition) is 2. The van der Waals surface area contributed by atoms with E-state index in [2.05, 4.69) is 32.1 Å². The number of aromatic nitrogens is 2. The number of rotatable bonds is 6. The van der Waals surface area contributed by atoms with Gasteiger partial charge in [0.25, 0.3) is 11.5 Å². The van der Waals surface area contributed by atoms with Gasteiger partial charge in [0.1, 0.15) is 17.4 Å². The molecule has 1 aromatic heterocycles. The minimum Gasteiger partial charge on any atom is -0.484 e. The molecule has 0 bridgehead atoms. The number of carbonyl (C=O) groups excluding carboxylic acids is 1. The van der Waals surface area contributed by atoms with E-state index in [1.54, 1.807) is 30.3 Å². The van der Waals surface area contributed by atoms with Crippen molar-refractivity contribution >= 4 is 39.8 Å². The highest BCUT2D eigenvalue weighted by Crippen LogP contribution is 2.29. The third-order valence-corrected chi connectivity index (χ3v) is 6.54. The number of carbonyl (C=O) groups is 1. The Morgan fingerprint density at radius 1 is 1.08 bits per heavy atom. The number of hydrogen-bond acceptors (Lipinski definition) is 6. The van der Waals surface area contributed by atoms with Crippen LogP contribution in [0.5, 0.6) is 5.75 Å². The molecule has 2 heterocycles. The first-order valence-corrected chi connectivity index (χ1v) is 12.2. The van der Waals surface area contributed by atoms with Crippen molar-refractivity contribution in [2.24, 2.45) is 0 Å². The van der Waals surface area contributed by atoms with Gasteiger partial charge in [-0.05, 0) is 61.6 Å². The van der Waals surface area contributed by atoms with Crippen LogP contribution >= 0.6 is 11.6 Å². The molecule has 3 aromatic carbocycles. The standard InChI is InChI=1S/C27H25ClFN5O3/c1-33-10-12-34(13-11-33)24-9-5-19(15-22(24)28)30-25(35)16-37-20-6-2-17(3-7-20)26-31-23-14-18(29)4-8-21(23)27(36)32-26/h2-9,14-15H,10-13,16H2,1H3,(H,30,35)(H,31,32,36). The summed E-state index contributed by atoms with van der Waals surface area (Å²) < 4.78 is 19.2. The van der Waals surface area contributed by atoms with Crippen molar-refractivity contribution in [3.05, 3.63) is 81.9 Å². The predicted molar refractivity (Wildman–Crippen MR) is 143 cm³/mol. The molecular weight excluding hydrogens is 497 g/mol. The highest BCUT2D eigenvalue weighted by molar-refractivity contribution is 6.33. The Labute approximate surface area is 217 Å². The average Bonchev–Trinajstić information content (AvgIpc) is 2.88. The van der Waals surface area contributed by atoms with Crippen LogP contribution in [-0.4, -0.2) is 60.6 Å². The molecule has 1 amide bonds. The number of fused-ring (bicyclic) bond motifs is 1. The van der Waals surface area contributed by atoms with Gasteiger partial charge in [-0.2, -0.15) is 0 Å². The molecule has 5 rings (SSSR count). The molecule has 0 spiro atoms. The van der Waals surface area contributed by atoms with E-state index in [0.717, 1.165) is 31.9 Å². The number of likely N-dealkylation sites (N-methyl/N-ethyl adjacent to an activating group) is 1. The molecule has 10 heteroatoms. The average molecular weight is 522 g/mol. The summed E-state index contributed by atoms with van der Waals surface area (Å²) in [5, 5.41) is 3.70. The van der Waals surface area contributed by atoms with Crippen LogP contribution in [0.25, 0.3) is 22.3 Å². The molecule has 1 saturated heterocycles. The Morgan fingerprint density at radius 2 is 1.84 bits per heavy atom. The van der Waals surface area contributed by atoms with E-state index >= 15 is 0 Å². The monoisotopic (exact) mass is 521 g/mol. The minimum atomic E-state index is -0.466. The minimum absolute atomic E-state index is 0.193. The van der Waals surface area contributed by atoms with Gasteiger partial charge in [-0.3, -0.25) is 9.59 Å². The smallest absolute Gasteiger partial charge is 0.262 e. The second kappa shape index (κ2) is 10.6. The van der Waals surface area contributed by atoms with Crippen LogP contribution in [0.3, 0.4) is 0 Å². The summed E-state index contributed by atoms with van der Waals surface area (Å²) in [6.07, 6.45) is 0. The fraction of sp³-hybridized carbons (Fsp3) is 0.222. The number of H-pyrrole nitrogens is 1. The molecular formula is C27H25ClFN5O3. The Morgan fingerprint density at radius 3 is 2.57 bits per heavy atom. The second-order valence-corrected chi connectivity index (χ2v) is 9.30. The summed E-state index contributed by atoms with van der Waals surface area (Å²) >= 11 is 6.49. The van der Waals surface area contributed by atoms with Crippen molar-refractivity contribution in [3.63, 3.8) is 0 Å². The normalized spacial score (nSPS) is 14.1. The molecule has 0 radical (unpaired) electrons. The number of aromatic amines is 1. The summed E-state index contributed by atoms with van der Waals surface area (Å²) in [5.41, 5.74) is 2.09. The lowest BCUT2D eigenvalue weighted by Crippen LogP contribution is -2.44. The Balaban J connectivity index is 1.19. The maximum atomic E-state index is 13.6. The van der Waals surface area contributed by atoms with Crippen LogP contribution in [0, 0.1) is 5.82 Å². The van der Waals surface area contributed by atoms with Gasteiger partial charge in [-0.15, -0.1) is 0 Å². The van der Waals surface area contributed by atoms with Gasteiger partial charge >= 0.3 is 0 Å². The molecule has 0 saturated carbocycles. The second-order valence-electron chi connectivity index (χ2n) is 8.89. The molecule has 0 unspecified atom stereocenters. The Bertz CT molecular complexity index is 1500. The number of nitrogens with zero attached hydrogens (tertiary/aromatic N) is 3. The summed E-state index contributed by atoms with van der Waals surface area (Å²) in [6.45, 7) is 3.56. The third-order valence-electron chi connectivity index (χ3n) is 6.24. The van der Waals surface area contributed by atoms with Gasteiger partial charge in [-0.1, -0.05) is 11.6 Å². The molecule has 2 N–H and O–H groups in total. The van der Waals surface area contributed by atoms with Crippen LogP contribution in [-0.2, 0) is 4.79 Å². The Kier molecular flexibility index (Phi) is 7.07. The number of nitrogens with one attached hydrogen (secondary N) is 2. The largest absolute Gasteiger partial charge is 0.484 e. The van der Waals surface area contributed by atoms with E-state index < -0.39 is 5.82 Å². The molecule has 190 valence electrons. The first kappa shape index (κ1) is 24.7. The van der Waals surface area contributed by atoms with Gasteiger partial charge in [0.05, 0.1) is 21.6 Å². The van der Waals surface area contributed by atoms with E-state index in [9.17, 15) is 14.0 Å². The maximum absolute atomic E-state index is 13.6. The Hall–Kier alpha value is -3.95. The lowest BCUT2D eigenvalue weighted by atomic mass is 10.2. The molecule has 4 aromatic rings. The van der Waals surface area contributed by atoms with E-state index in [-0.39, 0.29) is 23.6 Å². The number of piperazine rings is 1. The summed E-state index contributed by atoms with van der Waals surface area (Å²) in [4.78, 5) is 36.3. The zero-order valence-corrected chi connectivity index (χ0v) is 20.9.